The second-order valence-electron chi connectivity index (χ2n) is 34.0. The number of hydrogen-bond acceptors (Lipinski definition) is 8. The molecule has 6 aromatic heterocycles. The summed E-state index contributed by atoms with van der Waals surface area (Å²) in [6.45, 7) is 19.0. The van der Waals surface area contributed by atoms with Crippen molar-refractivity contribution in [2.24, 2.45) is 0 Å². The lowest BCUT2D eigenvalue weighted by atomic mass is 9.95. The molecule has 598 valence electrons. The lowest BCUT2D eigenvalue weighted by Crippen LogP contribution is -2.08. The summed E-state index contributed by atoms with van der Waals surface area (Å²) in [6.07, 6.45) is 0.608. The molecule has 22 rings (SSSR count). The molecule has 12 heteroatoms. The van der Waals surface area contributed by atoms with Crippen LogP contribution in [0.15, 0.2) is 322 Å². The van der Waals surface area contributed by atoms with Gasteiger partial charge in [0.05, 0.1) is 101 Å². The molecule has 0 aliphatic heterocycles. The van der Waals surface area contributed by atoms with Crippen LogP contribution in [0, 0.1) is 85.0 Å². The summed E-state index contributed by atoms with van der Waals surface area (Å²) in [5.41, 5.74) is 34.2. The van der Waals surface area contributed by atoms with E-state index in [1.54, 1.807) is 0 Å². The molecule has 0 unspecified atom stereocenters. The molecule has 0 bridgehead atoms. The van der Waals surface area contributed by atoms with Crippen LogP contribution in [0.2, 0.25) is 0 Å². The number of fused-ring (bicyclic) bond motifs is 12. The van der Waals surface area contributed by atoms with Crippen molar-refractivity contribution in [1.82, 2.24) is 48.2 Å². The summed E-state index contributed by atoms with van der Waals surface area (Å²) < 4.78 is 9.31. The van der Waals surface area contributed by atoms with Crippen LogP contribution in [0.5, 0.6) is 0 Å². The summed E-state index contributed by atoms with van der Waals surface area (Å²) in [6, 6.07) is 121. The molecular formula is C114H82N12. The van der Waals surface area contributed by atoms with Crippen molar-refractivity contribution in [2.45, 2.75) is 68.7 Å². The van der Waals surface area contributed by atoms with E-state index in [2.05, 4.69) is 315 Å². The molecule has 0 aliphatic carbocycles. The molecule has 0 atom stereocenters. The number of nitriles is 2. The average molecular weight is 1620 g/mol. The second-order valence-corrected chi connectivity index (χ2v) is 34.0. The monoisotopic (exact) mass is 1620 g/mol. The predicted molar refractivity (Wildman–Crippen MR) is 515 cm³/mol. The Morgan fingerprint density at radius 1 is 0.214 bits per heavy atom. The Kier molecular flexibility index (Phi) is 18.1. The van der Waals surface area contributed by atoms with Gasteiger partial charge in [0.2, 0.25) is 0 Å². The van der Waals surface area contributed by atoms with Crippen molar-refractivity contribution in [3.8, 4) is 125 Å². The van der Waals surface area contributed by atoms with Gasteiger partial charge in [-0.15, -0.1) is 0 Å². The van der Waals surface area contributed by atoms with Gasteiger partial charge in [-0.05, 0) is 215 Å². The molecule has 0 fully saturated rings. The highest BCUT2D eigenvalue weighted by Gasteiger charge is 2.30. The van der Waals surface area contributed by atoms with Gasteiger partial charge in [0.25, 0.3) is 0 Å². The quantitative estimate of drug-likeness (QED) is 0.105. The zero-order chi connectivity index (χ0) is 85.4. The first-order valence-electron chi connectivity index (χ1n) is 42.8. The Morgan fingerprint density at radius 2 is 0.524 bits per heavy atom. The topological polar surface area (TPSA) is 145 Å². The molecule has 0 N–H and O–H groups in total. The van der Waals surface area contributed by atoms with Crippen LogP contribution < -0.4 is 0 Å². The lowest BCUT2D eigenvalue weighted by Gasteiger charge is -2.20. The van der Waals surface area contributed by atoms with E-state index in [9.17, 15) is 10.5 Å². The molecule has 0 aliphatic rings. The van der Waals surface area contributed by atoms with Crippen LogP contribution >= 0.6 is 0 Å². The average Bonchev–Trinajstić information content (AvgIpc) is 1.54. The fourth-order valence-corrected chi connectivity index (χ4v) is 19.8. The van der Waals surface area contributed by atoms with E-state index in [4.69, 9.17) is 29.9 Å². The molecule has 16 aromatic carbocycles. The number of para-hydroxylation sites is 3. The van der Waals surface area contributed by atoms with Crippen molar-refractivity contribution in [1.29, 1.82) is 10.5 Å². The van der Waals surface area contributed by atoms with Crippen molar-refractivity contribution >= 4 is 87.2 Å². The van der Waals surface area contributed by atoms with E-state index >= 15 is 0 Å². The SMILES string of the molecule is Cc1cc(C)cc(-c2ccc3c(c2)c2ccccc2n3-c2cc(C#N)cc(-n3c4ccc(Cc5cc(C)cc(-c6ccc7c8ccccc8n(-c8cc(C#N)cc(-n9c%10ccccc%10c%10ccc(-c%11cc(C)cc(C)c%11)cc%109)c8-c8nc(C)nc(C)n8)c7c6)c5)cc4c4cc(-c5cc(C)cc(C)c5)ccc43)c2-c2nc(-c3ccccc3)nc(-c3ccccc3)n2)c1. The number of nitrogens with zero attached hydrogens (tertiary/aromatic N) is 12. The van der Waals surface area contributed by atoms with Gasteiger partial charge >= 0.3 is 0 Å². The van der Waals surface area contributed by atoms with E-state index in [-0.39, 0.29) is 0 Å². The third-order valence-corrected chi connectivity index (χ3v) is 24.8. The molecule has 0 spiro atoms. The van der Waals surface area contributed by atoms with E-state index in [1.165, 1.54) is 33.4 Å². The van der Waals surface area contributed by atoms with Gasteiger partial charge in [-0.2, -0.15) is 10.5 Å². The minimum atomic E-state index is 0.444. The third kappa shape index (κ3) is 13.1. The Balaban J connectivity index is 0.736. The van der Waals surface area contributed by atoms with Crippen LogP contribution in [-0.4, -0.2) is 48.2 Å². The normalized spacial score (nSPS) is 11.7. The number of aryl methyl sites for hydroxylation is 9. The van der Waals surface area contributed by atoms with Crippen LogP contribution in [0.1, 0.15) is 72.8 Å². The summed E-state index contributed by atoms with van der Waals surface area (Å²) in [5.74, 6) is 3.15. The lowest BCUT2D eigenvalue weighted by molar-refractivity contribution is 0.924. The minimum absolute atomic E-state index is 0.444. The third-order valence-electron chi connectivity index (χ3n) is 24.8. The van der Waals surface area contributed by atoms with Crippen LogP contribution in [0.25, 0.3) is 200 Å². The number of benzene rings is 16. The smallest absolute Gasteiger partial charge is 0.168 e. The number of aromatic nitrogens is 10. The molecule has 0 saturated heterocycles. The van der Waals surface area contributed by atoms with Gasteiger partial charge in [-0.25, -0.2) is 29.9 Å². The summed E-state index contributed by atoms with van der Waals surface area (Å²) in [4.78, 5) is 31.7. The van der Waals surface area contributed by atoms with Crippen LogP contribution in [0.4, 0.5) is 0 Å². The Hall–Kier alpha value is -16.3. The second kappa shape index (κ2) is 30.1. The molecule has 0 radical (unpaired) electrons. The highest BCUT2D eigenvalue weighted by molar-refractivity contribution is 6.16. The Morgan fingerprint density at radius 3 is 0.944 bits per heavy atom. The van der Waals surface area contributed by atoms with Crippen molar-refractivity contribution in [2.75, 3.05) is 0 Å². The first-order chi connectivity index (χ1) is 61.5. The van der Waals surface area contributed by atoms with Crippen molar-refractivity contribution in [3.63, 3.8) is 0 Å². The number of hydrogen-bond donors (Lipinski definition) is 0. The fraction of sp³-hybridized carbons (Fsp3) is 0.0877. The maximum absolute atomic E-state index is 11.7. The molecule has 22 aromatic rings. The first kappa shape index (κ1) is 75.9. The minimum Gasteiger partial charge on any atom is -0.308 e. The number of rotatable bonds is 14. The Labute approximate surface area is 729 Å². The molecule has 6 heterocycles. The van der Waals surface area contributed by atoms with E-state index < -0.39 is 0 Å². The van der Waals surface area contributed by atoms with E-state index in [0.717, 1.165) is 193 Å². The summed E-state index contributed by atoms with van der Waals surface area (Å²) in [5, 5.41) is 31.7. The van der Waals surface area contributed by atoms with Gasteiger partial charge in [-0.3, -0.25) is 0 Å². The summed E-state index contributed by atoms with van der Waals surface area (Å²) in [7, 11) is 0. The highest BCUT2D eigenvalue weighted by Crippen LogP contribution is 2.48. The molecular weight excluding hydrogens is 1540 g/mol. The Bertz CT molecular complexity index is 8310. The van der Waals surface area contributed by atoms with Gasteiger partial charge in [0.15, 0.2) is 23.3 Å². The van der Waals surface area contributed by atoms with Crippen LogP contribution in [-0.2, 0) is 6.42 Å². The van der Waals surface area contributed by atoms with Gasteiger partial charge < -0.3 is 18.3 Å². The summed E-state index contributed by atoms with van der Waals surface area (Å²) >= 11 is 0. The highest BCUT2D eigenvalue weighted by atomic mass is 15.1. The van der Waals surface area contributed by atoms with Crippen molar-refractivity contribution in [3.05, 3.63) is 394 Å². The fourth-order valence-electron chi connectivity index (χ4n) is 19.8. The van der Waals surface area contributed by atoms with Gasteiger partial charge in [-0.1, -0.05) is 269 Å². The maximum Gasteiger partial charge on any atom is 0.168 e. The zero-order valence-electron chi connectivity index (χ0n) is 71.2. The van der Waals surface area contributed by atoms with Gasteiger partial charge in [0, 0.05) is 54.2 Å². The zero-order valence-corrected chi connectivity index (χ0v) is 71.2. The molecule has 126 heavy (non-hydrogen) atoms. The van der Waals surface area contributed by atoms with Gasteiger partial charge in [0.1, 0.15) is 11.6 Å². The predicted octanol–water partition coefficient (Wildman–Crippen LogP) is 27.9. The largest absolute Gasteiger partial charge is 0.308 e. The maximum atomic E-state index is 11.7. The van der Waals surface area contributed by atoms with Crippen LogP contribution in [0.3, 0.4) is 0 Å². The van der Waals surface area contributed by atoms with E-state index in [0.29, 0.717) is 52.5 Å². The van der Waals surface area contributed by atoms with E-state index in [1.807, 2.05) is 98.8 Å². The molecule has 0 saturated carbocycles. The van der Waals surface area contributed by atoms with Crippen molar-refractivity contribution < 1.29 is 0 Å². The molecule has 12 nitrogen and oxygen atoms in total. The molecule has 0 amide bonds. The first-order valence-corrected chi connectivity index (χ1v) is 42.8. The standard InChI is InChI=1S/C114H82N12/c1-66-42-67(2)47-85(46-66)81-35-40-101-95(60-81)91-28-18-21-31-99(91)123(101)105-56-77(64-115)57-106(110(105)114-121-111(79-22-12-10-13-23-79)120-112(122-114)80-24-14-11-15-25-80)124-100-39-32-75(55-94(100)96-61-82(36-41-102(96)124)86-48-68(3)43-69(4)49-86)53-76-45-72(7)52-88(54-76)84-34-38-93-90-27-17-20-30-98(90)126(104(93)63-84)108-59-78(65-116)58-107(109(108)113-118-73(8)117-74(9)119-113)125-97-29-19-16-26-89(97)92-37-33-83(62-103(92)125)87-50-70(5)44-71(6)51-87/h10-52,54-63H,53H2,1-9H3.